The van der Waals surface area contributed by atoms with Crippen LogP contribution in [0.5, 0.6) is 0 Å². The number of amides is 2. The average Bonchev–Trinajstić information content (AvgIpc) is 2.77. The van der Waals surface area contributed by atoms with Gasteiger partial charge in [-0.25, -0.2) is 9.59 Å². The molecule has 0 fully saturated rings. The fourth-order valence-electron chi connectivity index (χ4n) is 2.61. The van der Waals surface area contributed by atoms with Crippen LogP contribution >= 0.6 is 0 Å². The van der Waals surface area contributed by atoms with Crippen LogP contribution in [0.2, 0.25) is 0 Å². The molecule has 8 nitrogen and oxygen atoms in total. The van der Waals surface area contributed by atoms with Gasteiger partial charge in [0.15, 0.2) is 6.61 Å². The van der Waals surface area contributed by atoms with Crippen LogP contribution in [0.3, 0.4) is 0 Å². The van der Waals surface area contributed by atoms with E-state index in [1.165, 1.54) is 14.0 Å². The first kappa shape index (κ1) is 22.6. The van der Waals surface area contributed by atoms with Gasteiger partial charge in [-0.1, -0.05) is 48.5 Å². The standard InChI is InChI=1S/C22H24N2O6/c1-15(23-20(26)17-11-7-4-8-12-17)21(27)30-14-19(25)24-18(22(28)29-2)13-16-9-5-3-6-10-16/h3-12,15,18H,13-14H2,1-2H3,(H,23,26)(H,24,25)/t15-,18-/m1/s1. The number of carbonyl (C=O) groups is 4. The molecule has 0 heterocycles. The summed E-state index contributed by atoms with van der Waals surface area (Å²) < 4.78 is 9.68. The molecule has 0 unspecified atom stereocenters. The molecule has 0 spiro atoms. The Labute approximate surface area is 174 Å². The van der Waals surface area contributed by atoms with Crippen molar-refractivity contribution in [1.29, 1.82) is 0 Å². The van der Waals surface area contributed by atoms with Crippen molar-refractivity contribution < 1.29 is 28.7 Å². The minimum Gasteiger partial charge on any atom is -0.467 e. The first-order chi connectivity index (χ1) is 14.4. The quantitative estimate of drug-likeness (QED) is 0.600. The fraction of sp³-hybridized carbons (Fsp3) is 0.273. The number of hydrogen-bond acceptors (Lipinski definition) is 6. The molecule has 0 aromatic heterocycles. The lowest BCUT2D eigenvalue weighted by molar-refractivity contribution is -0.151. The van der Waals surface area contributed by atoms with Crippen LogP contribution in [0, 0.1) is 0 Å². The van der Waals surface area contributed by atoms with Gasteiger partial charge in [-0.2, -0.15) is 0 Å². The smallest absolute Gasteiger partial charge is 0.328 e. The number of rotatable bonds is 9. The maximum absolute atomic E-state index is 12.2. The summed E-state index contributed by atoms with van der Waals surface area (Å²) in [6, 6.07) is 15.6. The largest absolute Gasteiger partial charge is 0.467 e. The monoisotopic (exact) mass is 412 g/mol. The minimum absolute atomic E-state index is 0.233. The Kier molecular flexibility index (Phi) is 8.56. The molecule has 2 aromatic rings. The molecule has 0 aliphatic rings. The molecule has 0 bridgehead atoms. The van der Waals surface area contributed by atoms with Crippen LogP contribution in [-0.4, -0.2) is 49.6 Å². The Balaban J connectivity index is 1.84. The van der Waals surface area contributed by atoms with Crippen molar-refractivity contribution in [3.63, 3.8) is 0 Å². The van der Waals surface area contributed by atoms with Crippen molar-refractivity contribution in [3.05, 3.63) is 71.8 Å². The third kappa shape index (κ3) is 7.05. The van der Waals surface area contributed by atoms with Crippen molar-refractivity contribution >= 4 is 23.8 Å². The third-order valence-electron chi connectivity index (χ3n) is 4.19. The summed E-state index contributed by atoms with van der Waals surface area (Å²) in [5.74, 6) is -2.47. The van der Waals surface area contributed by atoms with E-state index in [0.717, 1.165) is 5.56 Å². The van der Waals surface area contributed by atoms with Gasteiger partial charge in [0, 0.05) is 12.0 Å². The van der Waals surface area contributed by atoms with E-state index < -0.39 is 42.4 Å². The molecule has 2 atom stereocenters. The summed E-state index contributed by atoms with van der Waals surface area (Å²) in [7, 11) is 1.23. The molecule has 0 radical (unpaired) electrons. The van der Waals surface area contributed by atoms with E-state index in [-0.39, 0.29) is 6.42 Å². The van der Waals surface area contributed by atoms with Crippen LogP contribution in [0.1, 0.15) is 22.8 Å². The van der Waals surface area contributed by atoms with Gasteiger partial charge in [-0.3, -0.25) is 9.59 Å². The van der Waals surface area contributed by atoms with Crippen molar-refractivity contribution in [1.82, 2.24) is 10.6 Å². The lowest BCUT2D eigenvalue weighted by Gasteiger charge is -2.17. The van der Waals surface area contributed by atoms with E-state index in [9.17, 15) is 19.2 Å². The topological polar surface area (TPSA) is 111 Å². The van der Waals surface area contributed by atoms with Gasteiger partial charge in [0.2, 0.25) is 0 Å². The molecule has 30 heavy (non-hydrogen) atoms. The predicted octanol–water partition coefficient (Wildman–Crippen LogP) is 1.25. The maximum atomic E-state index is 12.2. The summed E-state index contributed by atoms with van der Waals surface area (Å²) in [6.07, 6.45) is 0.233. The van der Waals surface area contributed by atoms with Gasteiger partial charge in [0.25, 0.3) is 11.8 Å². The Morgan fingerprint density at radius 3 is 2.07 bits per heavy atom. The zero-order valence-corrected chi connectivity index (χ0v) is 16.8. The van der Waals surface area contributed by atoms with Gasteiger partial charge in [0.1, 0.15) is 12.1 Å². The van der Waals surface area contributed by atoms with E-state index in [2.05, 4.69) is 10.6 Å². The van der Waals surface area contributed by atoms with Gasteiger partial charge in [-0.15, -0.1) is 0 Å². The maximum Gasteiger partial charge on any atom is 0.328 e. The van der Waals surface area contributed by atoms with Crippen molar-refractivity contribution in [2.24, 2.45) is 0 Å². The third-order valence-corrected chi connectivity index (χ3v) is 4.19. The van der Waals surface area contributed by atoms with Crippen LogP contribution in [0.25, 0.3) is 0 Å². The summed E-state index contributed by atoms with van der Waals surface area (Å²) >= 11 is 0. The van der Waals surface area contributed by atoms with E-state index in [1.807, 2.05) is 30.3 Å². The van der Waals surface area contributed by atoms with Crippen molar-refractivity contribution in [2.75, 3.05) is 13.7 Å². The number of benzene rings is 2. The normalized spacial score (nSPS) is 12.2. The van der Waals surface area contributed by atoms with Crippen molar-refractivity contribution in [2.45, 2.75) is 25.4 Å². The zero-order valence-electron chi connectivity index (χ0n) is 16.8. The van der Waals surface area contributed by atoms with E-state index in [1.54, 1.807) is 30.3 Å². The highest BCUT2D eigenvalue weighted by Gasteiger charge is 2.24. The minimum atomic E-state index is -0.953. The van der Waals surface area contributed by atoms with Crippen LogP contribution < -0.4 is 10.6 Å². The molecule has 2 N–H and O–H groups in total. The molecule has 0 aliphatic heterocycles. The van der Waals surface area contributed by atoms with Crippen LogP contribution in [-0.2, 0) is 30.3 Å². The molecule has 0 saturated heterocycles. The lowest BCUT2D eigenvalue weighted by Crippen LogP contribution is -2.46. The number of nitrogens with one attached hydrogen (secondary N) is 2. The number of methoxy groups -OCH3 is 1. The highest BCUT2D eigenvalue weighted by molar-refractivity contribution is 5.96. The summed E-state index contributed by atoms with van der Waals surface area (Å²) in [5.41, 5.74) is 1.24. The highest BCUT2D eigenvalue weighted by atomic mass is 16.5. The Morgan fingerprint density at radius 1 is 0.867 bits per heavy atom. The summed E-state index contributed by atoms with van der Waals surface area (Å²) in [5, 5.41) is 5.00. The van der Waals surface area contributed by atoms with E-state index in [0.29, 0.717) is 5.56 Å². The predicted molar refractivity (Wildman–Crippen MR) is 108 cm³/mol. The number of hydrogen-bond donors (Lipinski definition) is 2. The average molecular weight is 412 g/mol. The second-order valence-corrected chi connectivity index (χ2v) is 6.50. The zero-order chi connectivity index (χ0) is 21.9. The number of esters is 2. The van der Waals surface area contributed by atoms with Gasteiger partial charge >= 0.3 is 11.9 Å². The summed E-state index contributed by atoms with van der Waals surface area (Å²) in [4.78, 5) is 48.3. The SMILES string of the molecule is COC(=O)[C@@H](Cc1ccccc1)NC(=O)COC(=O)[C@@H](C)NC(=O)c1ccccc1. The first-order valence-corrected chi connectivity index (χ1v) is 9.34. The number of carbonyl (C=O) groups excluding carboxylic acids is 4. The van der Waals surface area contributed by atoms with E-state index in [4.69, 9.17) is 9.47 Å². The van der Waals surface area contributed by atoms with Crippen LogP contribution in [0.4, 0.5) is 0 Å². The van der Waals surface area contributed by atoms with Gasteiger partial charge in [-0.05, 0) is 24.6 Å². The van der Waals surface area contributed by atoms with Crippen LogP contribution in [0.15, 0.2) is 60.7 Å². The molecule has 2 amide bonds. The molecule has 0 saturated carbocycles. The molecule has 2 aromatic carbocycles. The molecular formula is C22H24N2O6. The molecule has 8 heteroatoms. The lowest BCUT2D eigenvalue weighted by atomic mass is 10.1. The molecular weight excluding hydrogens is 388 g/mol. The number of ether oxygens (including phenoxy) is 2. The second kappa shape index (κ2) is 11.4. The second-order valence-electron chi connectivity index (χ2n) is 6.50. The molecule has 158 valence electrons. The van der Waals surface area contributed by atoms with Gasteiger partial charge < -0.3 is 20.1 Å². The van der Waals surface area contributed by atoms with Crippen molar-refractivity contribution in [3.8, 4) is 0 Å². The highest BCUT2D eigenvalue weighted by Crippen LogP contribution is 2.05. The molecule has 2 rings (SSSR count). The fourth-order valence-corrected chi connectivity index (χ4v) is 2.61. The Bertz CT molecular complexity index is 870. The summed E-state index contributed by atoms with van der Waals surface area (Å²) in [6.45, 7) is 0.862. The Hall–Kier alpha value is -3.68. The first-order valence-electron chi connectivity index (χ1n) is 9.34. The Morgan fingerprint density at radius 2 is 1.47 bits per heavy atom. The molecule has 0 aliphatic carbocycles. The van der Waals surface area contributed by atoms with E-state index >= 15 is 0 Å². The van der Waals surface area contributed by atoms with Gasteiger partial charge in [0.05, 0.1) is 7.11 Å².